The monoisotopic (exact) mass is 248 g/mol. The van der Waals surface area contributed by atoms with E-state index in [1.54, 1.807) is 0 Å². The molecule has 98 valence electrons. The Bertz CT molecular complexity index is 444. The predicted molar refractivity (Wildman–Crippen MR) is 70.0 cm³/mol. The van der Waals surface area contributed by atoms with Crippen LogP contribution >= 0.6 is 0 Å². The molecule has 1 fully saturated rings. The molecule has 2 rings (SSSR count). The maximum Gasteiger partial charge on any atom is 0.320 e. The highest BCUT2D eigenvalue weighted by molar-refractivity contribution is 5.78. The minimum absolute atomic E-state index is 0.201. The molecule has 0 aromatic heterocycles. The van der Waals surface area contributed by atoms with E-state index in [0.29, 0.717) is 13.0 Å². The van der Waals surface area contributed by atoms with E-state index in [1.807, 2.05) is 45.0 Å². The summed E-state index contributed by atoms with van der Waals surface area (Å²) in [6.07, 6.45) is 0.513. The van der Waals surface area contributed by atoms with E-state index in [9.17, 15) is 9.90 Å². The maximum atomic E-state index is 11.9. The molecule has 1 heterocycles. The Morgan fingerprint density at radius 1 is 1.39 bits per heavy atom. The molecule has 0 bridgehead atoms. The van der Waals surface area contributed by atoms with Crippen LogP contribution in [-0.2, 0) is 6.54 Å². The number of aryl methyl sites for hydroxylation is 1. The predicted octanol–water partition coefficient (Wildman–Crippen LogP) is 2.01. The molecule has 2 atom stereocenters. The molecule has 2 N–H and O–H groups in total. The van der Waals surface area contributed by atoms with Crippen LogP contribution in [0.25, 0.3) is 0 Å². The molecule has 0 unspecified atom stereocenters. The van der Waals surface area contributed by atoms with Gasteiger partial charge in [0.2, 0.25) is 0 Å². The summed E-state index contributed by atoms with van der Waals surface area (Å²) in [4.78, 5) is 13.4. The first-order valence-corrected chi connectivity index (χ1v) is 6.33. The Labute approximate surface area is 108 Å². The highest BCUT2D eigenvalue weighted by Crippen LogP contribution is 2.28. The molecular weight excluding hydrogens is 228 g/mol. The summed E-state index contributed by atoms with van der Waals surface area (Å²) < 4.78 is 0. The lowest BCUT2D eigenvalue weighted by molar-refractivity contribution is -0.0807. The third-order valence-corrected chi connectivity index (χ3v) is 3.73. The number of hydrogen-bond donors (Lipinski definition) is 2. The first kappa shape index (κ1) is 12.9. The van der Waals surface area contributed by atoms with Crippen LogP contribution in [0, 0.1) is 6.92 Å². The van der Waals surface area contributed by atoms with Gasteiger partial charge in [0, 0.05) is 0 Å². The van der Waals surface area contributed by atoms with Gasteiger partial charge in [-0.25, -0.2) is 4.79 Å². The average molecular weight is 248 g/mol. The van der Waals surface area contributed by atoms with Gasteiger partial charge in [0.25, 0.3) is 0 Å². The van der Waals surface area contributed by atoms with Crippen molar-refractivity contribution in [2.75, 3.05) is 0 Å². The zero-order valence-corrected chi connectivity index (χ0v) is 11.1. The Morgan fingerprint density at radius 3 is 2.56 bits per heavy atom. The van der Waals surface area contributed by atoms with E-state index in [4.69, 9.17) is 0 Å². The zero-order chi connectivity index (χ0) is 13.3. The summed E-state index contributed by atoms with van der Waals surface area (Å²) in [5, 5.41) is 13.3. The number of urea groups is 1. The molecule has 1 aliphatic heterocycles. The van der Waals surface area contributed by atoms with Gasteiger partial charge in [-0.05, 0) is 25.8 Å². The van der Waals surface area contributed by atoms with E-state index in [1.165, 1.54) is 10.5 Å². The quantitative estimate of drug-likeness (QED) is 0.859. The third kappa shape index (κ3) is 2.08. The van der Waals surface area contributed by atoms with Crippen molar-refractivity contribution in [3.63, 3.8) is 0 Å². The van der Waals surface area contributed by atoms with Gasteiger partial charge in [-0.3, -0.25) is 4.90 Å². The molecule has 4 nitrogen and oxygen atoms in total. The van der Waals surface area contributed by atoms with Crippen molar-refractivity contribution in [3.05, 3.63) is 35.4 Å². The molecule has 18 heavy (non-hydrogen) atoms. The number of hydrogen-bond acceptors (Lipinski definition) is 2. The fourth-order valence-electron chi connectivity index (χ4n) is 2.37. The summed E-state index contributed by atoms with van der Waals surface area (Å²) in [6.45, 7) is 6.17. The highest BCUT2D eigenvalue weighted by Gasteiger charge is 2.47. The average Bonchev–Trinajstić information content (AvgIpc) is 2.56. The number of carbonyl (C=O) groups is 1. The Hall–Kier alpha value is -1.55. The molecule has 0 aliphatic carbocycles. The summed E-state index contributed by atoms with van der Waals surface area (Å²) in [7, 11) is 0. The number of benzene rings is 1. The largest absolute Gasteiger partial charge is 0.369 e. The minimum Gasteiger partial charge on any atom is -0.369 e. The lowest BCUT2D eigenvalue weighted by Crippen LogP contribution is -2.49. The van der Waals surface area contributed by atoms with E-state index in [2.05, 4.69) is 5.32 Å². The fraction of sp³-hybridized carbons (Fsp3) is 0.500. The van der Waals surface area contributed by atoms with Crippen LogP contribution in [-0.4, -0.2) is 27.8 Å². The van der Waals surface area contributed by atoms with Crippen molar-refractivity contribution >= 4 is 6.03 Å². The molecule has 1 saturated heterocycles. The molecule has 0 spiro atoms. The molecule has 1 aromatic carbocycles. The summed E-state index contributed by atoms with van der Waals surface area (Å²) in [6, 6.07) is 7.55. The second-order valence-corrected chi connectivity index (χ2v) is 4.98. The second kappa shape index (κ2) is 4.61. The normalized spacial score (nSPS) is 27.4. The van der Waals surface area contributed by atoms with E-state index >= 15 is 0 Å². The summed E-state index contributed by atoms with van der Waals surface area (Å²) in [5.41, 5.74) is 1.11. The van der Waals surface area contributed by atoms with Gasteiger partial charge >= 0.3 is 6.03 Å². The van der Waals surface area contributed by atoms with Crippen LogP contribution < -0.4 is 5.32 Å². The molecule has 0 saturated carbocycles. The first-order valence-electron chi connectivity index (χ1n) is 6.33. The number of carbonyl (C=O) groups excluding carboxylic acids is 1. The van der Waals surface area contributed by atoms with E-state index in [-0.39, 0.29) is 12.1 Å². The number of aliphatic hydroxyl groups is 1. The highest BCUT2D eigenvalue weighted by atomic mass is 16.3. The van der Waals surface area contributed by atoms with Crippen LogP contribution in [0.5, 0.6) is 0 Å². The lowest BCUT2D eigenvalue weighted by atomic mass is 10.0. The standard InChI is InChI=1S/C14H20N2O2/c1-4-14(18)11(3)15-13(17)16(14)9-12-7-5-10(2)6-8-12/h5-8,11,18H,4,9H2,1-3H3,(H,15,17)/t11-,14-/m0/s1. The van der Waals surface area contributed by atoms with Crippen molar-refractivity contribution < 1.29 is 9.90 Å². The Morgan fingerprint density at radius 2 is 2.00 bits per heavy atom. The van der Waals surface area contributed by atoms with Crippen molar-refractivity contribution in [1.82, 2.24) is 10.2 Å². The van der Waals surface area contributed by atoms with E-state index < -0.39 is 5.72 Å². The minimum atomic E-state index is -1.10. The van der Waals surface area contributed by atoms with Gasteiger partial charge < -0.3 is 10.4 Å². The van der Waals surface area contributed by atoms with Gasteiger partial charge in [0.05, 0.1) is 12.6 Å². The van der Waals surface area contributed by atoms with Gasteiger partial charge in [0.1, 0.15) is 0 Å². The van der Waals surface area contributed by atoms with Crippen LogP contribution in [0.2, 0.25) is 0 Å². The summed E-state index contributed by atoms with van der Waals surface area (Å²) in [5.74, 6) is 0. The molecular formula is C14H20N2O2. The van der Waals surface area contributed by atoms with Crippen molar-refractivity contribution in [1.29, 1.82) is 0 Å². The van der Waals surface area contributed by atoms with Crippen molar-refractivity contribution in [2.24, 2.45) is 0 Å². The first-order chi connectivity index (χ1) is 8.47. The number of rotatable bonds is 3. The molecule has 1 aliphatic rings. The summed E-state index contributed by atoms with van der Waals surface area (Å²) >= 11 is 0. The lowest BCUT2D eigenvalue weighted by Gasteiger charge is -2.34. The smallest absolute Gasteiger partial charge is 0.320 e. The topological polar surface area (TPSA) is 52.6 Å². The Balaban J connectivity index is 2.21. The van der Waals surface area contributed by atoms with Crippen LogP contribution in [0.3, 0.4) is 0 Å². The molecule has 2 amide bonds. The van der Waals surface area contributed by atoms with Gasteiger partial charge in [-0.2, -0.15) is 0 Å². The molecule has 4 heteroatoms. The SMILES string of the molecule is CC[C@]1(O)[C@H](C)NC(=O)N1Cc1ccc(C)cc1. The van der Waals surface area contributed by atoms with Crippen molar-refractivity contribution in [2.45, 2.75) is 45.5 Å². The fourth-order valence-corrected chi connectivity index (χ4v) is 2.37. The van der Waals surface area contributed by atoms with Crippen LogP contribution in [0.15, 0.2) is 24.3 Å². The molecule has 0 radical (unpaired) electrons. The van der Waals surface area contributed by atoms with Gasteiger partial charge in [0.15, 0.2) is 5.72 Å². The molecule has 1 aromatic rings. The Kier molecular flexibility index (Phi) is 3.30. The number of nitrogens with zero attached hydrogens (tertiary/aromatic N) is 1. The number of nitrogens with one attached hydrogen (secondary N) is 1. The van der Waals surface area contributed by atoms with Gasteiger partial charge in [-0.15, -0.1) is 0 Å². The maximum absolute atomic E-state index is 11.9. The number of amides is 2. The van der Waals surface area contributed by atoms with Crippen molar-refractivity contribution in [3.8, 4) is 0 Å². The zero-order valence-electron chi connectivity index (χ0n) is 11.1. The van der Waals surface area contributed by atoms with Crippen LogP contribution in [0.4, 0.5) is 4.79 Å². The van der Waals surface area contributed by atoms with Crippen LogP contribution in [0.1, 0.15) is 31.4 Å². The third-order valence-electron chi connectivity index (χ3n) is 3.73. The van der Waals surface area contributed by atoms with E-state index in [0.717, 1.165) is 5.56 Å². The second-order valence-electron chi connectivity index (χ2n) is 4.98. The van der Waals surface area contributed by atoms with Gasteiger partial charge in [-0.1, -0.05) is 36.8 Å².